The summed E-state index contributed by atoms with van der Waals surface area (Å²) < 4.78 is 13.0. The van der Waals surface area contributed by atoms with E-state index >= 15 is 0 Å². The van der Waals surface area contributed by atoms with Gasteiger partial charge in [0.25, 0.3) is 5.91 Å². The first-order chi connectivity index (χ1) is 16.3. The zero-order chi connectivity index (χ0) is 24.7. The molecular weight excluding hydrogens is 452 g/mol. The minimum atomic E-state index is -0.187. The van der Waals surface area contributed by atoms with E-state index in [0.29, 0.717) is 53.8 Å². The lowest BCUT2D eigenvalue weighted by Gasteiger charge is -2.13. The highest BCUT2D eigenvalue weighted by atomic mass is 32.2. The van der Waals surface area contributed by atoms with Crippen molar-refractivity contribution in [3.05, 3.63) is 30.0 Å². The summed E-state index contributed by atoms with van der Waals surface area (Å²) in [5.74, 6) is 1.78. The number of carbonyl (C=O) groups is 1. The monoisotopic (exact) mass is 486 g/mol. The van der Waals surface area contributed by atoms with Crippen LogP contribution in [0, 0.1) is 0 Å². The number of rotatable bonds is 12. The summed E-state index contributed by atoms with van der Waals surface area (Å²) in [6, 6.07) is 5.44. The predicted octanol–water partition coefficient (Wildman–Crippen LogP) is 4.37. The maximum Gasteiger partial charge on any atom is 0.251 e. The third kappa shape index (κ3) is 6.53. The number of aromatic nitrogens is 4. The molecule has 0 unspecified atom stereocenters. The molecule has 9 nitrogen and oxygen atoms in total. The lowest BCUT2D eigenvalue weighted by Crippen LogP contribution is -2.27. The van der Waals surface area contributed by atoms with Gasteiger partial charge in [-0.25, -0.2) is 14.6 Å². The number of ether oxygens (including phenoxy) is 2. The van der Waals surface area contributed by atoms with Gasteiger partial charge in [0.2, 0.25) is 0 Å². The van der Waals surface area contributed by atoms with Crippen LogP contribution in [0.5, 0.6) is 11.5 Å². The Balaban J connectivity index is 1.74. The van der Waals surface area contributed by atoms with E-state index in [-0.39, 0.29) is 11.9 Å². The van der Waals surface area contributed by atoms with Crippen LogP contribution in [0.3, 0.4) is 0 Å². The Labute approximate surface area is 205 Å². The molecule has 0 aliphatic heterocycles. The van der Waals surface area contributed by atoms with E-state index in [9.17, 15) is 4.79 Å². The molecule has 10 heteroatoms. The molecule has 1 amide bonds. The number of benzene rings is 1. The van der Waals surface area contributed by atoms with Crippen LogP contribution in [0.2, 0.25) is 0 Å². The highest BCUT2D eigenvalue weighted by Crippen LogP contribution is 2.29. The average Bonchev–Trinajstić information content (AvgIpc) is 3.17. The zero-order valence-electron chi connectivity index (χ0n) is 20.7. The molecule has 0 saturated carbocycles. The first kappa shape index (κ1) is 25.6. The molecule has 0 spiro atoms. The van der Waals surface area contributed by atoms with E-state index in [2.05, 4.69) is 48.4 Å². The largest absolute Gasteiger partial charge is 0.490 e. The number of fused-ring (bicyclic) bond motifs is 1. The van der Waals surface area contributed by atoms with Gasteiger partial charge in [-0.15, -0.1) is 0 Å². The van der Waals surface area contributed by atoms with Crippen molar-refractivity contribution in [1.82, 2.24) is 25.1 Å². The fourth-order valence-electron chi connectivity index (χ4n) is 3.32. The minimum absolute atomic E-state index is 0.187. The second-order valence-corrected chi connectivity index (χ2v) is 9.75. The van der Waals surface area contributed by atoms with Crippen LogP contribution in [-0.4, -0.2) is 56.7 Å². The average molecular weight is 487 g/mol. The lowest BCUT2D eigenvalue weighted by atomic mass is 10.2. The molecule has 2 N–H and O–H groups in total. The normalized spacial score (nSPS) is 11.3. The van der Waals surface area contributed by atoms with Gasteiger partial charge in [-0.3, -0.25) is 4.79 Å². The van der Waals surface area contributed by atoms with Crippen molar-refractivity contribution >= 4 is 34.5 Å². The predicted molar refractivity (Wildman–Crippen MR) is 136 cm³/mol. The summed E-state index contributed by atoms with van der Waals surface area (Å²) >= 11 is 1.61. The second kappa shape index (κ2) is 11.9. The molecule has 34 heavy (non-hydrogen) atoms. The van der Waals surface area contributed by atoms with Crippen LogP contribution in [-0.2, 0) is 6.54 Å². The van der Waals surface area contributed by atoms with Gasteiger partial charge in [0.15, 0.2) is 22.3 Å². The number of nitrogens with one attached hydrogen (secondary N) is 2. The molecule has 3 aromatic rings. The van der Waals surface area contributed by atoms with E-state index in [4.69, 9.17) is 14.5 Å². The van der Waals surface area contributed by atoms with Crippen LogP contribution >= 0.6 is 11.8 Å². The highest BCUT2D eigenvalue weighted by molar-refractivity contribution is 7.99. The van der Waals surface area contributed by atoms with Crippen molar-refractivity contribution in [2.75, 3.05) is 25.1 Å². The Morgan fingerprint density at radius 2 is 1.82 bits per heavy atom. The van der Waals surface area contributed by atoms with Crippen LogP contribution < -0.4 is 20.1 Å². The molecule has 0 aliphatic rings. The number of hydrogen-bond acceptors (Lipinski definition) is 8. The Morgan fingerprint density at radius 1 is 1.09 bits per heavy atom. The number of thioether (sulfide) groups is 1. The van der Waals surface area contributed by atoms with E-state index in [1.54, 1.807) is 40.8 Å². The summed E-state index contributed by atoms with van der Waals surface area (Å²) in [4.78, 5) is 22.1. The molecule has 184 valence electrons. The SMILES string of the molecule is CCOc1ccc(C(=O)NCCn2ncc3c(NC(C)C)nc(SC(C)C)nc32)cc1OCC. The third-order valence-electron chi connectivity index (χ3n) is 4.66. The van der Waals surface area contributed by atoms with Gasteiger partial charge < -0.3 is 20.1 Å². The number of carbonyl (C=O) groups excluding carboxylic acids is 1. The Kier molecular flexibility index (Phi) is 8.98. The lowest BCUT2D eigenvalue weighted by molar-refractivity contribution is 0.0951. The molecular formula is C24H34N6O3S. The van der Waals surface area contributed by atoms with Crippen molar-refractivity contribution in [2.45, 2.75) is 64.5 Å². The van der Waals surface area contributed by atoms with Crippen molar-refractivity contribution < 1.29 is 14.3 Å². The molecule has 1 aromatic carbocycles. The Morgan fingerprint density at radius 3 is 2.50 bits per heavy atom. The number of nitrogens with zero attached hydrogens (tertiary/aromatic N) is 4. The zero-order valence-corrected chi connectivity index (χ0v) is 21.5. The van der Waals surface area contributed by atoms with Crippen molar-refractivity contribution in [1.29, 1.82) is 0 Å². The number of amides is 1. The van der Waals surface area contributed by atoms with Gasteiger partial charge in [-0.1, -0.05) is 25.6 Å². The van der Waals surface area contributed by atoms with Crippen LogP contribution in [0.15, 0.2) is 29.6 Å². The summed E-state index contributed by atoms with van der Waals surface area (Å²) in [6.07, 6.45) is 1.77. The van der Waals surface area contributed by atoms with Crippen molar-refractivity contribution in [3.8, 4) is 11.5 Å². The first-order valence-electron chi connectivity index (χ1n) is 11.7. The van der Waals surface area contributed by atoms with Crippen LogP contribution in [0.25, 0.3) is 11.0 Å². The van der Waals surface area contributed by atoms with Gasteiger partial charge in [-0.05, 0) is 45.9 Å². The quantitative estimate of drug-likeness (QED) is 0.287. The molecule has 0 fully saturated rings. The fraction of sp³-hybridized carbons (Fsp3) is 0.500. The van der Waals surface area contributed by atoms with Gasteiger partial charge >= 0.3 is 0 Å². The molecule has 0 radical (unpaired) electrons. The number of hydrogen-bond donors (Lipinski definition) is 2. The van der Waals surface area contributed by atoms with E-state index in [0.717, 1.165) is 16.9 Å². The molecule has 2 heterocycles. The minimum Gasteiger partial charge on any atom is -0.490 e. The first-order valence-corrected chi connectivity index (χ1v) is 12.5. The van der Waals surface area contributed by atoms with E-state index in [1.807, 2.05) is 13.8 Å². The standard InChI is InChI=1S/C24H34N6O3S/c1-7-32-19-10-9-17(13-20(19)33-8-2)23(31)25-11-12-30-22-18(14-26-30)21(27-15(3)4)28-24(29-22)34-16(5)6/h9-10,13-16H,7-8,11-12H2,1-6H3,(H,25,31)(H,27,28,29). The Bertz CT molecular complexity index is 1120. The summed E-state index contributed by atoms with van der Waals surface area (Å²) in [5, 5.41) is 12.8. The number of anilines is 1. The highest BCUT2D eigenvalue weighted by Gasteiger charge is 2.16. The Hall–Kier alpha value is -3.01. The third-order valence-corrected chi connectivity index (χ3v) is 5.52. The maximum absolute atomic E-state index is 12.7. The molecule has 0 bridgehead atoms. The summed E-state index contributed by atoms with van der Waals surface area (Å²) in [7, 11) is 0. The molecule has 0 atom stereocenters. The fourth-order valence-corrected chi connectivity index (χ4v) is 4.02. The molecule has 3 rings (SSSR count). The van der Waals surface area contributed by atoms with Crippen LogP contribution in [0.4, 0.5) is 5.82 Å². The molecule has 2 aromatic heterocycles. The smallest absolute Gasteiger partial charge is 0.251 e. The molecule has 0 saturated heterocycles. The van der Waals surface area contributed by atoms with Crippen molar-refractivity contribution in [3.63, 3.8) is 0 Å². The maximum atomic E-state index is 12.7. The van der Waals surface area contributed by atoms with Gasteiger partial charge in [0.05, 0.1) is 31.3 Å². The van der Waals surface area contributed by atoms with Gasteiger partial charge in [0.1, 0.15) is 5.82 Å². The summed E-state index contributed by atoms with van der Waals surface area (Å²) in [6.45, 7) is 14.1. The molecule has 0 aliphatic carbocycles. The summed E-state index contributed by atoms with van der Waals surface area (Å²) in [5.41, 5.74) is 1.26. The van der Waals surface area contributed by atoms with Gasteiger partial charge in [-0.2, -0.15) is 5.10 Å². The van der Waals surface area contributed by atoms with E-state index < -0.39 is 0 Å². The topological polar surface area (TPSA) is 103 Å². The van der Waals surface area contributed by atoms with Crippen molar-refractivity contribution in [2.24, 2.45) is 0 Å². The van der Waals surface area contributed by atoms with Gasteiger partial charge in [0, 0.05) is 23.4 Å². The second-order valence-electron chi connectivity index (χ2n) is 8.21. The van der Waals surface area contributed by atoms with E-state index in [1.165, 1.54) is 0 Å². The van der Waals surface area contributed by atoms with Crippen LogP contribution in [0.1, 0.15) is 51.9 Å².